The highest BCUT2D eigenvalue weighted by Crippen LogP contribution is 2.26. The molecule has 3 rings (SSSR count). The third kappa shape index (κ3) is 4.31. The number of carbonyl (C=O) groups is 3. The zero-order valence-corrected chi connectivity index (χ0v) is 14.8. The summed E-state index contributed by atoms with van der Waals surface area (Å²) in [5.41, 5.74) is 1.11. The van der Waals surface area contributed by atoms with Gasteiger partial charge in [0.1, 0.15) is 5.82 Å². The molecule has 1 aliphatic heterocycles. The summed E-state index contributed by atoms with van der Waals surface area (Å²) < 4.78 is 18.2. The van der Waals surface area contributed by atoms with Crippen molar-refractivity contribution in [3.8, 4) is 0 Å². The number of nitrogens with zero attached hydrogens (tertiary/aromatic N) is 1. The van der Waals surface area contributed by atoms with Gasteiger partial charge in [0.15, 0.2) is 6.10 Å². The van der Waals surface area contributed by atoms with Crippen LogP contribution in [0, 0.1) is 5.82 Å². The van der Waals surface area contributed by atoms with E-state index in [4.69, 9.17) is 4.74 Å². The molecular weight excluding hydrogens is 351 g/mol. The second-order valence-corrected chi connectivity index (χ2v) is 6.21. The molecule has 0 radical (unpaired) electrons. The van der Waals surface area contributed by atoms with E-state index < -0.39 is 23.8 Å². The van der Waals surface area contributed by atoms with Crippen molar-refractivity contribution in [2.24, 2.45) is 0 Å². The van der Waals surface area contributed by atoms with Crippen LogP contribution in [-0.4, -0.2) is 30.4 Å². The lowest BCUT2D eigenvalue weighted by Crippen LogP contribution is -2.31. The van der Waals surface area contributed by atoms with Crippen molar-refractivity contribution >= 4 is 29.2 Å². The van der Waals surface area contributed by atoms with Gasteiger partial charge in [-0.25, -0.2) is 9.18 Å². The number of esters is 1. The third-order valence-electron chi connectivity index (χ3n) is 4.25. The van der Waals surface area contributed by atoms with Crippen molar-refractivity contribution in [1.29, 1.82) is 0 Å². The van der Waals surface area contributed by atoms with E-state index in [1.54, 1.807) is 29.2 Å². The Morgan fingerprint density at radius 2 is 1.85 bits per heavy atom. The van der Waals surface area contributed by atoms with E-state index in [9.17, 15) is 18.8 Å². The average molecular weight is 370 g/mol. The number of anilines is 2. The molecule has 0 aliphatic carbocycles. The van der Waals surface area contributed by atoms with Crippen LogP contribution < -0.4 is 10.2 Å². The molecule has 2 amide bonds. The maximum atomic E-state index is 12.9. The molecule has 0 saturated carbocycles. The Morgan fingerprint density at radius 1 is 1.15 bits per heavy atom. The van der Waals surface area contributed by atoms with Crippen LogP contribution in [0.4, 0.5) is 15.8 Å². The third-order valence-corrected chi connectivity index (χ3v) is 4.25. The molecule has 1 atom stereocenters. The maximum absolute atomic E-state index is 12.9. The number of halogens is 1. The van der Waals surface area contributed by atoms with Gasteiger partial charge in [0.2, 0.25) is 5.91 Å². The Bertz CT molecular complexity index is 867. The number of nitrogens with one attached hydrogen (secondary N) is 1. The summed E-state index contributed by atoms with van der Waals surface area (Å²) in [7, 11) is 0. The molecule has 6 nitrogen and oxygen atoms in total. The van der Waals surface area contributed by atoms with Crippen LogP contribution in [0.15, 0.2) is 48.5 Å². The van der Waals surface area contributed by atoms with E-state index in [0.717, 1.165) is 6.42 Å². The van der Waals surface area contributed by atoms with Gasteiger partial charge >= 0.3 is 5.97 Å². The van der Waals surface area contributed by atoms with Gasteiger partial charge in [-0.15, -0.1) is 0 Å². The molecule has 1 heterocycles. The molecule has 7 heteroatoms. The second kappa shape index (κ2) is 7.99. The molecule has 1 fully saturated rings. The second-order valence-electron chi connectivity index (χ2n) is 6.21. The number of benzene rings is 2. The fourth-order valence-electron chi connectivity index (χ4n) is 2.84. The topological polar surface area (TPSA) is 75.7 Å². The van der Waals surface area contributed by atoms with E-state index in [1.165, 1.54) is 31.2 Å². The molecule has 0 bridgehead atoms. The van der Waals surface area contributed by atoms with E-state index in [0.29, 0.717) is 24.3 Å². The largest absolute Gasteiger partial charge is 0.449 e. The Hall–Kier alpha value is -3.22. The number of ether oxygens (including phenoxy) is 1. The summed E-state index contributed by atoms with van der Waals surface area (Å²) in [6.07, 6.45) is 0.114. The van der Waals surface area contributed by atoms with Crippen LogP contribution in [0.5, 0.6) is 0 Å². The molecule has 0 unspecified atom stereocenters. The van der Waals surface area contributed by atoms with Crippen molar-refractivity contribution in [3.63, 3.8) is 0 Å². The molecule has 1 aliphatic rings. The zero-order valence-electron chi connectivity index (χ0n) is 14.8. The van der Waals surface area contributed by atoms with Gasteiger partial charge in [-0.1, -0.05) is 12.1 Å². The van der Waals surface area contributed by atoms with Crippen LogP contribution in [-0.2, 0) is 14.3 Å². The molecule has 0 spiro atoms. The minimum Gasteiger partial charge on any atom is -0.449 e. The Morgan fingerprint density at radius 3 is 2.52 bits per heavy atom. The lowest BCUT2D eigenvalue weighted by molar-refractivity contribution is -0.123. The van der Waals surface area contributed by atoms with E-state index in [-0.39, 0.29) is 11.5 Å². The molecule has 140 valence electrons. The van der Waals surface area contributed by atoms with Gasteiger partial charge in [0.25, 0.3) is 5.91 Å². The fraction of sp³-hybridized carbons (Fsp3) is 0.250. The zero-order chi connectivity index (χ0) is 19.4. The maximum Gasteiger partial charge on any atom is 0.341 e. The first kappa shape index (κ1) is 18.6. The van der Waals surface area contributed by atoms with Crippen molar-refractivity contribution in [2.75, 3.05) is 16.8 Å². The molecule has 2 aromatic rings. The van der Waals surface area contributed by atoms with Gasteiger partial charge in [-0.05, 0) is 49.7 Å². The van der Waals surface area contributed by atoms with Crippen LogP contribution in [0.3, 0.4) is 0 Å². The van der Waals surface area contributed by atoms with Crippen molar-refractivity contribution in [1.82, 2.24) is 0 Å². The van der Waals surface area contributed by atoms with E-state index >= 15 is 0 Å². The summed E-state index contributed by atoms with van der Waals surface area (Å²) in [6.45, 7) is 1.99. The predicted octanol–water partition coefficient (Wildman–Crippen LogP) is 3.14. The monoisotopic (exact) mass is 370 g/mol. The number of hydrogen-bond donors (Lipinski definition) is 1. The summed E-state index contributed by atoms with van der Waals surface area (Å²) >= 11 is 0. The molecule has 1 saturated heterocycles. The Labute approximate surface area is 155 Å². The number of para-hydroxylation sites is 1. The molecule has 1 N–H and O–H groups in total. The average Bonchev–Trinajstić information content (AvgIpc) is 3.09. The van der Waals surface area contributed by atoms with Crippen LogP contribution >= 0.6 is 0 Å². The molecule has 2 aromatic carbocycles. The molecular formula is C20H19FN2O4. The van der Waals surface area contributed by atoms with Crippen molar-refractivity contribution in [2.45, 2.75) is 25.9 Å². The van der Waals surface area contributed by atoms with Gasteiger partial charge in [-0.2, -0.15) is 0 Å². The minimum absolute atomic E-state index is 0.0441. The lowest BCUT2D eigenvalue weighted by Gasteiger charge is -2.20. The smallest absolute Gasteiger partial charge is 0.341 e. The number of hydrogen-bond acceptors (Lipinski definition) is 4. The normalized spacial score (nSPS) is 14.7. The van der Waals surface area contributed by atoms with Gasteiger partial charge in [0, 0.05) is 18.7 Å². The lowest BCUT2D eigenvalue weighted by atomic mass is 10.1. The minimum atomic E-state index is -1.06. The van der Waals surface area contributed by atoms with Crippen LogP contribution in [0.25, 0.3) is 0 Å². The highest BCUT2D eigenvalue weighted by Gasteiger charge is 2.27. The number of rotatable bonds is 5. The molecule has 27 heavy (non-hydrogen) atoms. The van der Waals surface area contributed by atoms with E-state index in [2.05, 4.69) is 5.32 Å². The Balaban J connectivity index is 1.69. The van der Waals surface area contributed by atoms with Gasteiger partial charge in [-0.3, -0.25) is 9.59 Å². The van der Waals surface area contributed by atoms with Gasteiger partial charge < -0.3 is 15.0 Å². The Kier molecular flexibility index (Phi) is 5.49. The highest BCUT2D eigenvalue weighted by atomic mass is 19.1. The summed E-state index contributed by atoms with van der Waals surface area (Å²) in [4.78, 5) is 38.3. The first-order valence-corrected chi connectivity index (χ1v) is 8.62. The quantitative estimate of drug-likeness (QED) is 0.821. The number of amides is 2. The standard InChI is InChI=1S/C20H19FN2O4/c1-13(19(25)22-15-10-8-14(21)9-11-15)27-20(26)16-5-2-3-6-17(16)23-12-4-7-18(23)24/h2-3,5-6,8-11,13H,4,7,12H2,1H3,(H,22,25)/t13-/m0/s1. The SMILES string of the molecule is C[C@H](OC(=O)c1ccccc1N1CCCC1=O)C(=O)Nc1ccc(F)cc1. The van der Waals surface area contributed by atoms with E-state index in [1.807, 2.05) is 0 Å². The first-order valence-electron chi connectivity index (χ1n) is 8.62. The first-order chi connectivity index (χ1) is 13.0. The predicted molar refractivity (Wildman–Crippen MR) is 97.9 cm³/mol. The fourth-order valence-corrected chi connectivity index (χ4v) is 2.84. The van der Waals surface area contributed by atoms with Gasteiger partial charge in [0.05, 0.1) is 11.3 Å². The summed E-state index contributed by atoms with van der Waals surface area (Å²) in [5, 5.41) is 2.56. The highest BCUT2D eigenvalue weighted by molar-refractivity contribution is 6.04. The summed E-state index contributed by atoms with van der Waals surface area (Å²) in [6, 6.07) is 11.9. The van der Waals surface area contributed by atoms with Crippen molar-refractivity contribution in [3.05, 3.63) is 59.9 Å². The van der Waals surface area contributed by atoms with Crippen LogP contribution in [0.2, 0.25) is 0 Å². The van der Waals surface area contributed by atoms with Crippen LogP contribution in [0.1, 0.15) is 30.1 Å². The van der Waals surface area contributed by atoms with Crippen molar-refractivity contribution < 1.29 is 23.5 Å². The molecule has 0 aromatic heterocycles. The number of carbonyl (C=O) groups excluding carboxylic acids is 3. The summed E-state index contributed by atoms with van der Waals surface area (Å²) in [5.74, 6) is -1.69.